The lowest BCUT2D eigenvalue weighted by molar-refractivity contribution is -0.00925. The first-order valence-corrected chi connectivity index (χ1v) is 9.80. The van der Waals surface area contributed by atoms with Crippen molar-refractivity contribution in [1.82, 2.24) is 20.1 Å². The van der Waals surface area contributed by atoms with E-state index in [-0.39, 0.29) is 5.54 Å². The molecule has 128 valence electrons. The summed E-state index contributed by atoms with van der Waals surface area (Å²) >= 11 is 2.04. The van der Waals surface area contributed by atoms with Crippen LogP contribution in [0.2, 0.25) is 0 Å². The number of nitrogens with zero attached hydrogens (tertiary/aromatic N) is 4. The van der Waals surface area contributed by atoms with Crippen molar-refractivity contribution in [3.8, 4) is 0 Å². The molecule has 2 saturated heterocycles. The zero-order valence-corrected chi connectivity index (χ0v) is 15.0. The van der Waals surface area contributed by atoms with Gasteiger partial charge in [-0.3, -0.25) is 4.90 Å². The van der Waals surface area contributed by atoms with Crippen LogP contribution in [0.4, 0.5) is 5.95 Å². The Morgan fingerprint density at radius 1 is 1.17 bits per heavy atom. The molecule has 3 rings (SSSR count). The molecule has 6 nitrogen and oxygen atoms in total. The van der Waals surface area contributed by atoms with Gasteiger partial charge in [0.25, 0.3) is 0 Å². The maximum atomic E-state index is 5.52. The standard InChI is InChI=1S/C16H27N5OS/c1-3-13-14(4-2)19-20-15(18-13)17-11-16(5-10-23-12-16)21-6-8-22-9-7-21/h3-12H2,1-2H3,(H,17,18,20). The van der Waals surface area contributed by atoms with Crippen molar-refractivity contribution >= 4 is 17.7 Å². The molecule has 0 amide bonds. The molecule has 2 aliphatic heterocycles. The van der Waals surface area contributed by atoms with E-state index in [1.165, 1.54) is 17.9 Å². The van der Waals surface area contributed by atoms with Gasteiger partial charge in [0.1, 0.15) is 0 Å². The molecule has 3 heterocycles. The summed E-state index contributed by atoms with van der Waals surface area (Å²) in [5.41, 5.74) is 2.27. The summed E-state index contributed by atoms with van der Waals surface area (Å²) in [6.45, 7) is 8.84. The third-order valence-electron chi connectivity index (χ3n) is 4.85. The number of hydrogen-bond acceptors (Lipinski definition) is 7. The van der Waals surface area contributed by atoms with Gasteiger partial charge in [-0.05, 0) is 25.0 Å². The van der Waals surface area contributed by atoms with E-state index in [0.29, 0.717) is 5.95 Å². The summed E-state index contributed by atoms with van der Waals surface area (Å²) in [7, 11) is 0. The van der Waals surface area contributed by atoms with E-state index in [9.17, 15) is 0 Å². The first-order chi connectivity index (χ1) is 11.3. The number of ether oxygens (including phenoxy) is 1. The number of aromatic nitrogens is 3. The third kappa shape index (κ3) is 3.78. The summed E-state index contributed by atoms with van der Waals surface area (Å²) < 4.78 is 5.52. The second kappa shape index (κ2) is 7.77. The molecule has 2 fully saturated rings. The fourth-order valence-corrected chi connectivity index (χ4v) is 4.87. The molecule has 1 unspecified atom stereocenters. The molecule has 1 atom stereocenters. The highest BCUT2D eigenvalue weighted by Gasteiger charge is 2.40. The van der Waals surface area contributed by atoms with Crippen LogP contribution in [0.25, 0.3) is 0 Å². The van der Waals surface area contributed by atoms with Gasteiger partial charge in [-0.25, -0.2) is 4.98 Å². The number of rotatable bonds is 6. The Bertz CT molecular complexity index is 515. The largest absolute Gasteiger partial charge is 0.379 e. The van der Waals surface area contributed by atoms with Crippen molar-refractivity contribution < 1.29 is 4.74 Å². The summed E-state index contributed by atoms with van der Waals surface area (Å²) in [4.78, 5) is 7.26. The fraction of sp³-hybridized carbons (Fsp3) is 0.812. The fourth-order valence-electron chi connectivity index (χ4n) is 3.39. The van der Waals surface area contributed by atoms with Gasteiger partial charge in [-0.1, -0.05) is 13.8 Å². The first-order valence-electron chi connectivity index (χ1n) is 8.64. The quantitative estimate of drug-likeness (QED) is 0.846. The molecule has 0 radical (unpaired) electrons. The van der Waals surface area contributed by atoms with E-state index >= 15 is 0 Å². The van der Waals surface area contributed by atoms with Gasteiger partial charge in [0, 0.05) is 30.9 Å². The average Bonchev–Trinajstić information content (AvgIpc) is 3.10. The van der Waals surface area contributed by atoms with E-state index < -0.39 is 0 Å². The Labute approximate surface area is 142 Å². The zero-order valence-electron chi connectivity index (χ0n) is 14.2. The average molecular weight is 337 g/mol. The highest BCUT2D eigenvalue weighted by Crippen LogP contribution is 2.34. The summed E-state index contributed by atoms with van der Waals surface area (Å²) in [5, 5.41) is 12.1. The van der Waals surface area contributed by atoms with Gasteiger partial charge in [0.05, 0.1) is 24.6 Å². The second-order valence-electron chi connectivity index (χ2n) is 6.22. The van der Waals surface area contributed by atoms with Gasteiger partial charge < -0.3 is 10.1 Å². The van der Waals surface area contributed by atoms with Crippen molar-refractivity contribution in [2.45, 2.75) is 38.6 Å². The van der Waals surface area contributed by atoms with Crippen LogP contribution in [0.3, 0.4) is 0 Å². The van der Waals surface area contributed by atoms with E-state index in [0.717, 1.165) is 57.1 Å². The first kappa shape index (κ1) is 16.9. The number of aryl methyl sites for hydroxylation is 2. The molecule has 1 N–H and O–H groups in total. The Balaban J connectivity index is 1.69. The lowest BCUT2D eigenvalue weighted by Gasteiger charge is -2.43. The maximum Gasteiger partial charge on any atom is 0.243 e. The van der Waals surface area contributed by atoms with Gasteiger partial charge in [-0.15, -0.1) is 5.10 Å². The van der Waals surface area contributed by atoms with E-state index in [4.69, 9.17) is 4.74 Å². The van der Waals surface area contributed by atoms with Crippen LogP contribution < -0.4 is 5.32 Å². The van der Waals surface area contributed by atoms with Crippen LogP contribution in [-0.4, -0.2) is 70.0 Å². The third-order valence-corrected chi connectivity index (χ3v) is 6.08. The van der Waals surface area contributed by atoms with Crippen LogP contribution in [0.15, 0.2) is 0 Å². The molecule has 0 aliphatic carbocycles. The zero-order chi connectivity index (χ0) is 16.1. The number of hydrogen-bond donors (Lipinski definition) is 1. The lowest BCUT2D eigenvalue weighted by Crippen LogP contribution is -2.57. The minimum atomic E-state index is 0.202. The molecular formula is C16H27N5OS. The van der Waals surface area contributed by atoms with Gasteiger partial charge in [0.2, 0.25) is 5.95 Å². The van der Waals surface area contributed by atoms with Gasteiger partial charge >= 0.3 is 0 Å². The number of anilines is 1. The highest BCUT2D eigenvalue weighted by molar-refractivity contribution is 7.99. The van der Waals surface area contributed by atoms with Crippen LogP contribution in [0.5, 0.6) is 0 Å². The van der Waals surface area contributed by atoms with Crippen molar-refractivity contribution in [2.24, 2.45) is 0 Å². The predicted molar refractivity (Wildman–Crippen MR) is 94.1 cm³/mol. The summed E-state index contributed by atoms with van der Waals surface area (Å²) in [5.74, 6) is 3.07. The summed E-state index contributed by atoms with van der Waals surface area (Å²) in [6.07, 6.45) is 3.00. The number of thioether (sulfide) groups is 1. The topological polar surface area (TPSA) is 63.2 Å². The smallest absolute Gasteiger partial charge is 0.243 e. The predicted octanol–water partition coefficient (Wildman–Crippen LogP) is 1.62. The minimum Gasteiger partial charge on any atom is -0.379 e. The van der Waals surface area contributed by atoms with Crippen LogP contribution >= 0.6 is 11.8 Å². The normalized spacial score (nSPS) is 25.7. The van der Waals surface area contributed by atoms with Crippen LogP contribution in [0, 0.1) is 0 Å². The molecular weight excluding hydrogens is 310 g/mol. The maximum absolute atomic E-state index is 5.52. The molecule has 0 bridgehead atoms. The van der Waals surface area contributed by atoms with E-state index in [1.807, 2.05) is 11.8 Å². The summed E-state index contributed by atoms with van der Waals surface area (Å²) in [6, 6.07) is 0. The molecule has 0 aromatic carbocycles. The Morgan fingerprint density at radius 3 is 2.61 bits per heavy atom. The molecule has 1 aromatic rings. The number of morpholine rings is 1. The van der Waals surface area contributed by atoms with Gasteiger partial charge in [-0.2, -0.15) is 16.9 Å². The van der Waals surface area contributed by atoms with E-state index in [2.05, 4.69) is 39.2 Å². The monoisotopic (exact) mass is 337 g/mol. The molecule has 23 heavy (non-hydrogen) atoms. The minimum absolute atomic E-state index is 0.202. The molecule has 1 aromatic heterocycles. The lowest BCUT2D eigenvalue weighted by atomic mass is 9.95. The van der Waals surface area contributed by atoms with Crippen molar-refractivity contribution in [3.05, 3.63) is 11.4 Å². The van der Waals surface area contributed by atoms with Crippen molar-refractivity contribution in [2.75, 3.05) is 49.7 Å². The molecule has 0 spiro atoms. The van der Waals surface area contributed by atoms with Crippen molar-refractivity contribution in [1.29, 1.82) is 0 Å². The second-order valence-corrected chi connectivity index (χ2v) is 7.32. The molecule has 2 aliphatic rings. The molecule has 0 saturated carbocycles. The van der Waals surface area contributed by atoms with E-state index in [1.54, 1.807) is 0 Å². The molecule has 7 heteroatoms. The number of nitrogens with one attached hydrogen (secondary N) is 1. The SMILES string of the molecule is CCc1nnc(NCC2(N3CCOCC3)CCSC2)nc1CC. The van der Waals surface area contributed by atoms with Crippen LogP contribution in [0.1, 0.15) is 31.7 Å². The Morgan fingerprint density at radius 2 is 1.96 bits per heavy atom. The van der Waals surface area contributed by atoms with Gasteiger partial charge in [0.15, 0.2) is 0 Å². The Hall–Kier alpha value is -0.920. The highest BCUT2D eigenvalue weighted by atomic mass is 32.2. The van der Waals surface area contributed by atoms with Crippen LogP contribution in [-0.2, 0) is 17.6 Å². The Kier molecular flexibility index (Phi) is 5.71. The van der Waals surface area contributed by atoms with Crippen molar-refractivity contribution in [3.63, 3.8) is 0 Å².